The lowest BCUT2D eigenvalue weighted by Crippen LogP contribution is -2.10. The summed E-state index contributed by atoms with van der Waals surface area (Å²) in [6.07, 6.45) is 0. The third-order valence-electron chi connectivity index (χ3n) is 2.71. The summed E-state index contributed by atoms with van der Waals surface area (Å²) in [6, 6.07) is 7.51. The second kappa shape index (κ2) is 4.94. The first-order valence-electron chi connectivity index (χ1n) is 5.77. The van der Waals surface area contributed by atoms with Gasteiger partial charge in [0.25, 0.3) is 14.2 Å². The molecule has 7 heteroatoms. The van der Waals surface area contributed by atoms with Gasteiger partial charge in [-0.05, 0) is 20.8 Å². The van der Waals surface area contributed by atoms with E-state index in [9.17, 15) is 8.42 Å². The van der Waals surface area contributed by atoms with Gasteiger partial charge in [0.2, 0.25) is 0 Å². The van der Waals surface area contributed by atoms with E-state index < -0.39 is 9.05 Å². The van der Waals surface area contributed by atoms with E-state index in [0.717, 1.165) is 11.1 Å². The van der Waals surface area contributed by atoms with Gasteiger partial charge < -0.3 is 0 Å². The predicted molar refractivity (Wildman–Crippen MR) is 73.6 cm³/mol. The molecule has 0 unspecified atom stereocenters. The van der Waals surface area contributed by atoms with Gasteiger partial charge in [-0.2, -0.15) is 0 Å². The van der Waals surface area contributed by atoms with Gasteiger partial charge in [0.05, 0.1) is 0 Å². The van der Waals surface area contributed by atoms with E-state index in [-0.39, 0.29) is 11.2 Å². The molecule has 0 aliphatic heterocycles. The third kappa shape index (κ3) is 2.79. The standard InChI is InChI=1S/C12H14ClN3O2S/c1-8(2)16-11(10-6-4-9(3)5-7-10)14-15-12(16)19(13,17)18/h4-8H,1-3H3. The maximum Gasteiger partial charge on any atom is 0.296 e. The molecule has 0 bridgehead atoms. The van der Waals surface area contributed by atoms with Crippen LogP contribution in [-0.4, -0.2) is 23.2 Å². The number of aryl methyl sites for hydroxylation is 1. The molecule has 1 heterocycles. The van der Waals surface area contributed by atoms with Crippen LogP contribution in [0.3, 0.4) is 0 Å². The van der Waals surface area contributed by atoms with Crippen LogP contribution in [0.4, 0.5) is 0 Å². The lowest BCUT2D eigenvalue weighted by molar-refractivity contribution is 0.530. The van der Waals surface area contributed by atoms with Gasteiger partial charge in [0.1, 0.15) is 0 Å². The SMILES string of the molecule is Cc1ccc(-c2nnc(S(=O)(=O)Cl)n2C(C)C)cc1. The molecule has 2 rings (SSSR count). The monoisotopic (exact) mass is 299 g/mol. The average Bonchev–Trinajstić information content (AvgIpc) is 2.74. The number of hydrogen-bond acceptors (Lipinski definition) is 4. The molecule has 1 aromatic heterocycles. The number of hydrogen-bond donors (Lipinski definition) is 0. The van der Waals surface area contributed by atoms with Crippen molar-refractivity contribution in [3.05, 3.63) is 29.8 Å². The Balaban J connectivity index is 2.65. The van der Waals surface area contributed by atoms with Crippen molar-refractivity contribution in [1.29, 1.82) is 0 Å². The molecule has 0 saturated heterocycles. The van der Waals surface area contributed by atoms with Gasteiger partial charge in [-0.15, -0.1) is 10.2 Å². The Kier molecular flexibility index (Phi) is 3.64. The highest BCUT2D eigenvalue weighted by Gasteiger charge is 2.24. The van der Waals surface area contributed by atoms with E-state index in [2.05, 4.69) is 10.2 Å². The summed E-state index contributed by atoms with van der Waals surface area (Å²) in [5, 5.41) is 7.43. The molecular formula is C12H14ClN3O2S. The Hall–Kier alpha value is -1.40. The van der Waals surface area contributed by atoms with Crippen LogP contribution >= 0.6 is 10.7 Å². The molecule has 102 valence electrons. The molecule has 0 spiro atoms. The molecule has 0 atom stereocenters. The largest absolute Gasteiger partial charge is 0.296 e. The van der Waals surface area contributed by atoms with Crippen LogP contribution in [0.15, 0.2) is 29.4 Å². The quantitative estimate of drug-likeness (QED) is 0.817. The van der Waals surface area contributed by atoms with Gasteiger partial charge in [0.15, 0.2) is 5.82 Å². The molecule has 0 aliphatic carbocycles. The number of rotatable bonds is 3. The highest BCUT2D eigenvalue weighted by molar-refractivity contribution is 8.13. The molecule has 0 amide bonds. The molecule has 0 saturated carbocycles. The molecule has 0 radical (unpaired) electrons. The van der Waals surface area contributed by atoms with Crippen LogP contribution in [-0.2, 0) is 9.05 Å². The lowest BCUT2D eigenvalue weighted by atomic mass is 10.1. The third-order valence-corrected chi connectivity index (χ3v) is 3.84. The highest BCUT2D eigenvalue weighted by atomic mass is 35.7. The first kappa shape index (κ1) is 14.0. The number of aromatic nitrogens is 3. The van der Waals surface area contributed by atoms with E-state index in [0.29, 0.717) is 5.82 Å². The zero-order valence-electron chi connectivity index (χ0n) is 10.8. The maximum atomic E-state index is 11.5. The van der Waals surface area contributed by atoms with Crippen LogP contribution in [0, 0.1) is 6.92 Å². The maximum absolute atomic E-state index is 11.5. The Bertz CT molecular complexity index is 690. The molecule has 1 aromatic carbocycles. The number of nitrogens with zero attached hydrogens (tertiary/aromatic N) is 3. The summed E-state index contributed by atoms with van der Waals surface area (Å²) in [5.74, 6) is 0.495. The van der Waals surface area contributed by atoms with E-state index in [4.69, 9.17) is 10.7 Å². The summed E-state index contributed by atoms with van der Waals surface area (Å²) < 4.78 is 24.5. The van der Waals surface area contributed by atoms with Crippen molar-refractivity contribution >= 4 is 19.7 Å². The van der Waals surface area contributed by atoms with E-state index >= 15 is 0 Å². The van der Waals surface area contributed by atoms with Gasteiger partial charge in [0, 0.05) is 22.3 Å². The van der Waals surface area contributed by atoms with E-state index in [1.165, 1.54) is 4.57 Å². The van der Waals surface area contributed by atoms with Crippen LogP contribution in [0.2, 0.25) is 0 Å². The highest BCUT2D eigenvalue weighted by Crippen LogP contribution is 2.26. The second-order valence-electron chi connectivity index (χ2n) is 4.57. The minimum atomic E-state index is -3.91. The van der Waals surface area contributed by atoms with E-state index in [1.807, 2.05) is 45.0 Å². The summed E-state index contributed by atoms with van der Waals surface area (Å²) in [7, 11) is 1.47. The van der Waals surface area contributed by atoms with Crippen molar-refractivity contribution in [3.63, 3.8) is 0 Å². The minimum absolute atomic E-state index is 0.116. The molecule has 0 N–H and O–H groups in total. The zero-order chi connectivity index (χ0) is 14.2. The molecular weight excluding hydrogens is 286 g/mol. The fourth-order valence-corrected chi connectivity index (χ4v) is 2.79. The van der Waals surface area contributed by atoms with Crippen LogP contribution in [0.25, 0.3) is 11.4 Å². The van der Waals surface area contributed by atoms with Crippen LogP contribution < -0.4 is 0 Å². The fourth-order valence-electron chi connectivity index (χ4n) is 1.81. The average molecular weight is 300 g/mol. The van der Waals surface area contributed by atoms with Gasteiger partial charge >= 0.3 is 0 Å². The zero-order valence-corrected chi connectivity index (χ0v) is 12.4. The summed E-state index contributed by atoms with van der Waals surface area (Å²) in [4.78, 5) is 0. The first-order chi connectivity index (χ1) is 8.80. The molecule has 5 nitrogen and oxygen atoms in total. The summed E-state index contributed by atoms with van der Waals surface area (Å²) >= 11 is 0. The molecule has 0 fully saturated rings. The van der Waals surface area contributed by atoms with Crippen LogP contribution in [0.5, 0.6) is 0 Å². The summed E-state index contributed by atoms with van der Waals surface area (Å²) in [5.41, 5.74) is 1.92. The first-order valence-corrected chi connectivity index (χ1v) is 8.08. The van der Waals surface area contributed by atoms with Crippen molar-refractivity contribution in [1.82, 2.24) is 14.8 Å². The fraction of sp³-hybridized carbons (Fsp3) is 0.333. The van der Waals surface area contributed by atoms with Gasteiger partial charge in [-0.25, -0.2) is 8.42 Å². The van der Waals surface area contributed by atoms with Crippen molar-refractivity contribution in [2.24, 2.45) is 0 Å². The Labute approximate surface area is 116 Å². The number of halogens is 1. The predicted octanol–water partition coefficient (Wildman–Crippen LogP) is 2.76. The van der Waals surface area contributed by atoms with Crippen LogP contribution in [0.1, 0.15) is 25.5 Å². The van der Waals surface area contributed by atoms with Crippen molar-refractivity contribution in [2.75, 3.05) is 0 Å². The Morgan fingerprint density at radius 2 is 1.74 bits per heavy atom. The Morgan fingerprint density at radius 1 is 1.16 bits per heavy atom. The number of benzene rings is 1. The smallest absolute Gasteiger partial charge is 0.294 e. The van der Waals surface area contributed by atoms with Gasteiger partial charge in [-0.3, -0.25) is 4.57 Å². The lowest BCUT2D eigenvalue weighted by Gasteiger charge is -2.12. The van der Waals surface area contributed by atoms with Crippen molar-refractivity contribution in [3.8, 4) is 11.4 Å². The van der Waals surface area contributed by atoms with Crippen molar-refractivity contribution in [2.45, 2.75) is 32.0 Å². The minimum Gasteiger partial charge on any atom is -0.294 e. The second-order valence-corrected chi connectivity index (χ2v) is 7.03. The normalized spacial score (nSPS) is 12.1. The molecule has 2 aromatic rings. The van der Waals surface area contributed by atoms with Gasteiger partial charge in [-0.1, -0.05) is 29.8 Å². The van der Waals surface area contributed by atoms with E-state index in [1.54, 1.807) is 0 Å². The van der Waals surface area contributed by atoms with Crippen molar-refractivity contribution < 1.29 is 8.42 Å². The summed E-state index contributed by atoms with van der Waals surface area (Å²) in [6.45, 7) is 5.69. The molecule has 19 heavy (non-hydrogen) atoms. The Morgan fingerprint density at radius 3 is 2.21 bits per heavy atom. The molecule has 0 aliphatic rings. The topological polar surface area (TPSA) is 64.8 Å².